The smallest absolute Gasteiger partial charge is 0.209 e. The first-order chi connectivity index (χ1) is 10.5. The van der Waals surface area contributed by atoms with Gasteiger partial charge in [0.2, 0.25) is 10.0 Å². The zero-order valence-corrected chi connectivity index (χ0v) is 12.7. The number of carbonyl (C=O) groups excluding carboxylic acids is 1. The number of carbonyl (C=O) groups is 1. The van der Waals surface area contributed by atoms with E-state index in [4.69, 9.17) is 4.74 Å². The van der Waals surface area contributed by atoms with E-state index in [0.29, 0.717) is 11.3 Å². The van der Waals surface area contributed by atoms with Crippen molar-refractivity contribution in [2.75, 3.05) is 6.26 Å². The summed E-state index contributed by atoms with van der Waals surface area (Å²) in [5.41, 5.74) is 1.13. The second-order valence-corrected chi connectivity index (χ2v) is 6.96. The largest absolute Gasteiger partial charge is 0.483 e. The molecule has 22 heavy (non-hydrogen) atoms. The van der Waals surface area contributed by atoms with Gasteiger partial charge in [0.15, 0.2) is 5.78 Å². The lowest BCUT2D eigenvalue weighted by molar-refractivity contribution is 0.0767. The summed E-state index contributed by atoms with van der Waals surface area (Å²) in [5.74, 6) is 0.175. The van der Waals surface area contributed by atoms with Gasteiger partial charge in [-0.05, 0) is 17.7 Å². The summed E-state index contributed by atoms with van der Waals surface area (Å²) in [6.07, 6.45) is 0.335. The molecule has 1 heterocycles. The number of fused-ring (bicyclic) bond motifs is 1. The third kappa shape index (κ3) is 2.88. The van der Waals surface area contributed by atoms with Gasteiger partial charge < -0.3 is 4.74 Å². The maximum Gasteiger partial charge on any atom is 0.209 e. The number of benzene rings is 2. The minimum absolute atomic E-state index is 0.291. The average molecular weight is 317 g/mol. The van der Waals surface area contributed by atoms with Crippen LogP contribution in [0.2, 0.25) is 0 Å². The monoisotopic (exact) mass is 317 g/mol. The maximum atomic E-state index is 12.7. The predicted octanol–water partition coefficient (Wildman–Crippen LogP) is 1.92. The molecule has 0 bridgehead atoms. The van der Waals surface area contributed by atoms with Crippen molar-refractivity contribution in [2.24, 2.45) is 0 Å². The van der Waals surface area contributed by atoms with Crippen LogP contribution in [0.1, 0.15) is 22.0 Å². The molecule has 2 aromatic rings. The number of nitrogens with one attached hydrogen (secondary N) is 1. The van der Waals surface area contributed by atoms with Crippen molar-refractivity contribution in [3.05, 3.63) is 65.7 Å². The number of ketones is 1. The molecule has 0 saturated heterocycles. The van der Waals surface area contributed by atoms with Gasteiger partial charge in [-0.3, -0.25) is 4.79 Å². The van der Waals surface area contributed by atoms with Crippen LogP contribution in [0.25, 0.3) is 0 Å². The first-order valence-corrected chi connectivity index (χ1v) is 8.67. The molecule has 0 unspecified atom stereocenters. The summed E-state index contributed by atoms with van der Waals surface area (Å²) < 4.78 is 31.5. The Morgan fingerprint density at radius 1 is 1.00 bits per heavy atom. The van der Waals surface area contributed by atoms with Gasteiger partial charge in [0.25, 0.3) is 0 Å². The summed E-state index contributed by atoms with van der Waals surface area (Å²) in [6.45, 7) is 0. The highest BCUT2D eigenvalue weighted by Gasteiger charge is 2.39. The van der Waals surface area contributed by atoms with Crippen LogP contribution >= 0.6 is 0 Å². The number of para-hydroxylation sites is 1. The van der Waals surface area contributed by atoms with Gasteiger partial charge in [0.1, 0.15) is 17.9 Å². The number of rotatable bonds is 3. The first kappa shape index (κ1) is 14.7. The van der Waals surface area contributed by atoms with E-state index >= 15 is 0 Å². The van der Waals surface area contributed by atoms with Gasteiger partial charge in [-0.1, -0.05) is 42.5 Å². The first-order valence-electron chi connectivity index (χ1n) is 6.78. The summed E-state index contributed by atoms with van der Waals surface area (Å²) in [4.78, 5) is 12.7. The Bertz CT molecular complexity index is 802. The molecule has 0 spiro atoms. The number of Topliss-reactive ketones (excluding diaryl/α,β-unsaturated/α-hetero) is 1. The minimum Gasteiger partial charge on any atom is -0.483 e. The number of sulfonamides is 1. The van der Waals surface area contributed by atoms with Gasteiger partial charge in [0, 0.05) is 0 Å². The lowest BCUT2D eigenvalue weighted by atomic mass is 9.92. The lowest BCUT2D eigenvalue weighted by Crippen LogP contribution is -2.48. The van der Waals surface area contributed by atoms with E-state index in [0.717, 1.165) is 11.8 Å². The molecule has 1 aliphatic rings. The molecule has 0 aromatic heterocycles. The second kappa shape index (κ2) is 5.55. The molecular formula is C16H15NO4S. The zero-order chi connectivity index (χ0) is 15.7. The quantitative estimate of drug-likeness (QED) is 0.939. The van der Waals surface area contributed by atoms with Crippen molar-refractivity contribution in [3.63, 3.8) is 0 Å². The van der Waals surface area contributed by atoms with Gasteiger partial charge in [0.05, 0.1) is 11.8 Å². The molecule has 2 aromatic carbocycles. The number of hydrogen-bond acceptors (Lipinski definition) is 4. The SMILES string of the molecule is CS(=O)(=O)N[C@H]1C(=O)c2ccccc2O[C@H]1c1ccccc1. The Morgan fingerprint density at radius 2 is 1.64 bits per heavy atom. The molecule has 0 fully saturated rings. The van der Waals surface area contributed by atoms with Gasteiger partial charge in [-0.15, -0.1) is 0 Å². The van der Waals surface area contributed by atoms with Crippen LogP contribution in [-0.2, 0) is 10.0 Å². The maximum absolute atomic E-state index is 12.7. The molecule has 0 amide bonds. The Morgan fingerprint density at radius 3 is 2.32 bits per heavy atom. The van der Waals surface area contributed by atoms with Crippen LogP contribution in [-0.4, -0.2) is 26.5 Å². The van der Waals surface area contributed by atoms with Gasteiger partial charge in [-0.25, -0.2) is 13.1 Å². The van der Waals surface area contributed by atoms with Crippen molar-refractivity contribution in [1.29, 1.82) is 0 Å². The second-order valence-electron chi connectivity index (χ2n) is 5.18. The molecule has 2 atom stereocenters. The van der Waals surface area contributed by atoms with Crippen molar-refractivity contribution >= 4 is 15.8 Å². The summed E-state index contributed by atoms with van der Waals surface area (Å²) in [7, 11) is -3.55. The van der Waals surface area contributed by atoms with Crippen LogP contribution in [0.4, 0.5) is 0 Å². The third-order valence-electron chi connectivity index (χ3n) is 3.46. The average Bonchev–Trinajstić information content (AvgIpc) is 2.50. The molecule has 114 valence electrons. The standard InChI is InChI=1S/C16H15NO4S/c1-22(19,20)17-14-15(18)12-9-5-6-10-13(12)21-16(14)11-7-3-2-4-8-11/h2-10,14,16-17H,1H3/t14-,16-/m0/s1. The molecule has 3 rings (SSSR count). The lowest BCUT2D eigenvalue weighted by Gasteiger charge is -2.32. The predicted molar refractivity (Wildman–Crippen MR) is 82.4 cm³/mol. The molecule has 0 radical (unpaired) electrons. The third-order valence-corrected chi connectivity index (χ3v) is 4.14. The fraction of sp³-hybridized carbons (Fsp3) is 0.188. The molecule has 6 heteroatoms. The van der Waals surface area contributed by atoms with Crippen molar-refractivity contribution in [3.8, 4) is 5.75 Å². The molecule has 0 saturated carbocycles. The van der Waals surface area contributed by atoms with Crippen molar-refractivity contribution in [1.82, 2.24) is 4.72 Å². The Hall–Kier alpha value is -2.18. The van der Waals surface area contributed by atoms with E-state index in [1.807, 2.05) is 30.3 Å². The van der Waals surface area contributed by atoms with E-state index < -0.39 is 22.2 Å². The van der Waals surface area contributed by atoms with Crippen molar-refractivity contribution < 1.29 is 17.9 Å². The Labute approximate surface area is 129 Å². The summed E-state index contributed by atoms with van der Waals surface area (Å²) in [6, 6.07) is 15.0. The fourth-order valence-corrected chi connectivity index (χ4v) is 3.22. The van der Waals surface area contributed by atoms with Gasteiger partial charge >= 0.3 is 0 Å². The molecule has 1 N–H and O–H groups in total. The van der Waals surface area contributed by atoms with Crippen LogP contribution in [0.5, 0.6) is 5.75 Å². The van der Waals surface area contributed by atoms with Crippen LogP contribution in [0.15, 0.2) is 54.6 Å². The van der Waals surface area contributed by atoms with E-state index in [1.54, 1.807) is 24.3 Å². The summed E-state index contributed by atoms with van der Waals surface area (Å²) in [5, 5.41) is 0. The van der Waals surface area contributed by atoms with Crippen molar-refractivity contribution in [2.45, 2.75) is 12.1 Å². The van der Waals surface area contributed by atoms with E-state index in [-0.39, 0.29) is 5.78 Å². The highest BCUT2D eigenvalue weighted by atomic mass is 32.2. The summed E-state index contributed by atoms with van der Waals surface area (Å²) >= 11 is 0. The zero-order valence-electron chi connectivity index (χ0n) is 11.9. The Kier molecular flexibility index (Phi) is 3.72. The number of ether oxygens (including phenoxy) is 1. The molecule has 5 nitrogen and oxygen atoms in total. The minimum atomic E-state index is -3.55. The van der Waals surface area contributed by atoms with Gasteiger partial charge in [-0.2, -0.15) is 0 Å². The van der Waals surface area contributed by atoms with Crippen LogP contribution in [0.3, 0.4) is 0 Å². The van der Waals surface area contributed by atoms with E-state index in [9.17, 15) is 13.2 Å². The van der Waals surface area contributed by atoms with Crippen LogP contribution < -0.4 is 9.46 Å². The number of hydrogen-bond donors (Lipinski definition) is 1. The highest BCUT2D eigenvalue weighted by molar-refractivity contribution is 7.88. The topological polar surface area (TPSA) is 72.5 Å². The Balaban J connectivity index is 2.08. The normalized spacial score (nSPS) is 21.0. The highest BCUT2D eigenvalue weighted by Crippen LogP contribution is 2.35. The van der Waals surface area contributed by atoms with E-state index in [1.165, 1.54) is 0 Å². The molecule has 1 aliphatic heterocycles. The van der Waals surface area contributed by atoms with Crippen LogP contribution in [0, 0.1) is 0 Å². The molecule has 0 aliphatic carbocycles. The fourth-order valence-electron chi connectivity index (χ4n) is 2.53. The molecular weight excluding hydrogens is 302 g/mol. The van der Waals surface area contributed by atoms with E-state index in [2.05, 4.69) is 4.72 Å².